The van der Waals surface area contributed by atoms with Crippen LogP contribution in [0.1, 0.15) is 10.4 Å². The van der Waals surface area contributed by atoms with E-state index in [1.807, 2.05) is 36.4 Å². The molecule has 22 heavy (non-hydrogen) atoms. The standard InChI is InChI=1S/C17H13NO4/c19-14-8-11(9-15(20)16(14)21)17(22)18-13-7-3-5-10-4-1-2-6-12(10)13/h1-9,19-21H,(H,18,22). The molecule has 0 aliphatic rings. The van der Waals surface area contributed by atoms with Gasteiger partial charge in [-0.2, -0.15) is 0 Å². The van der Waals surface area contributed by atoms with Crippen molar-refractivity contribution in [1.82, 2.24) is 0 Å². The Hall–Kier alpha value is -3.21. The normalized spacial score (nSPS) is 10.5. The van der Waals surface area contributed by atoms with E-state index in [0.717, 1.165) is 22.9 Å². The molecule has 0 aliphatic heterocycles. The highest BCUT2D eigenvalue weighted by molar-refractivity contribution is 6.09. The number of aromatic hydroxyl groups is 3. The highest BCUT2D eigenvalue weighted by atomic mass is 16.3. The summed E-state index contributed by atoms with van der Waals surface area (Å²) in [5, 5.41) is 32.9. The summed E-state index contributed by atoms with van der Waals surface area (Å²) in [4.78, 5) is 12.3. The average Bonchev–Trinajstić information content (AvgIpc) is 2.52. The first kappa shape index (κ1) is 13.8. The summed E-state index contributed by atoms with van der Waals surface area (Å²) in [6.45, 7) is 0. The summed E-state index contributed by atoms with van der Waals surface area (Å²) in [6, 6.07) is 15.3. The van der Waals surface area contributed by atoms with Crippen LogP contribution in [0.25, 0.3) is 10.8 Å². The first-order valence-electron chi connectivity index (χ1n) is 6.60. The van der Waals surface area contributed by atoms with Crippen molar-refractivity contribution in [2.24, 2.45) is 0 Å². The van der Waals surface area contributed by atoms with Crippen LogP contribution < -0.4 is 5.32 Å². The van der Waals surface area contributed by atoms with Crippen molar-refractivity contribution in [3.8, 4) is 17.2 Å². The van der Waals surface area contributed by atoms with E-state index in [0.29, 0.717) is 5.69 Å². The zero-order valence-corrected chi connectivity index (χ0v) is 11.4. The third-order valence-corrected chi connectivity index (χ3v) is 3.37. The zero-order chi connectivity index (χ0) is 15.7. The van der Waals surface area contributed by atoms with Crippen LogP contribution in [-0.2, 0) is 0 Å². The van der Waals surface area contributed by atoms with E-state index < -0.39 is 23.2 Å². The number of amides is 1. The summed E-state index contributed by atoms with van der Waals surface area (Å²) >= 11 is 0. The fourth-order valence-electron chi connectivity index (χ4n) is 2.26. The van der Waals surface area contributed by atoms with Gasteiger partial charge in [0.1, 0.15) is 0 Å². The van der Waals surface area contributed by atoms with Crippen molar-refractivity contribution in [2.45, 2.75) is 0 Å². The second-order valence-corrected chi connectivity index (χ2v) is 4.84. The van der Waals surface area contributed by atoms with Crippen LogP contribution >= 0.6 is 0 Å². The lowest BCUT2D eigenvalue weighted by molar-refractivity contribution is 0.102. The van der Waals surface area contributed by atoms with Crippen molar-refractivity contribution in [3.63, 3.8) is 0 Å². The minimum atomic E-state index is -0.651. The smallest absolute Gasteiger partial charge is 0.255 e. The molecule has 0 saturated heterocycles. The molecular weight excluding hydrogens is 282 g/mol. The molecule has 0 unspecified atom stereocenters. The first-order valence-corrected chi connectivity index (χ1v) is 6.60. The molecular formula is C17H13NO4. The molecule has 4 N–H and O–H groups in total. The van der Waals surface area contributed by atoms with Gasteiger partial charge in [-0.15, -0.1) is 0 Å². The first-order chi connectivity index (χ1) is 10.6. The minimum absolute atomic E-state index is 0.0423. The number of benzene rings is 3. The highest BCUT2D eigenvalue weighted by Crippen LogP contribution is 2.35. The van der Waals surface area contributed by atoms with E-state index in [1.54, 1.807) is 6.07 Å². The number of phenols is 3. The maximum absolute atomic E-state index is 12.3. The SMILES string of the molecule is O=C(Nc1cccc2ccccc12)c1cc(O)c(O)c(O)c1. The van der Waals surface area contributed by atoms with Crippen LogP contribution in [0, 0.1) is 0 Å². The van der Waals surface area contributed by atoms with E-state index in [9.17, 15) is 20.1 Å². The van der Waals surface area contributed by atoms with Crippen LogP contribution in [0.5, 0.6) is 17.2 Å². The second-order valence-electron chi connectivity index (χ2n) is 4.84. The number of carbonyl (C=O) groups excluding carboxylic acids is 1. The topological polar surface area (TPSA) is 89.8 Å². The van der Waals surface area contributed by atoms with Crippen molar-refractivity contribution in [2.75, 3.05) is 5.32 Å². The number of fused-ring (bicyclic) bond motifs is 1. The van der Waals surface area contributed by atoms with Gasteiger partial charge in [-0.1, -0.05) is 36.4 Å². The van der Waals surface area contributed by atoms with Gasteiger partial charge in [0.25, 0.3) is 5.91 Å². The molecule has 3 rings (SSSR count). The lowest BCUT2D eigenvalue weighted by Crippen LogP contribution is -2.12. The van der Waals surface area contributed by atoms with Crippen molar-refractivity contribution < 1.29 is 20.1 Å². The van der Waals surface area contributed by atoms with Crippen LogP contribution in [0.4, 0.5) is 5.69 Å². The number of rotatable bonds is 2. The van der Waals surface area contributed by atoms with Gasteiger partial charge in [0.15, 0.2) is 17.2 Å². The quantitative estimate of drug-likeness (QED) is 0.546. The fourth-order valence-corrected chi connectivity index (χ4v) is 2.26. The summed E-state index contributed by atoms with van der Waals surface area (Å²) in [5.41, 5.74) is 0.663. The Labute approximate surface area is 126 Å². The number of carbonyl (C=O) groups is 1. The van der Waals surface area contributed by atoms with Gasteiger partial charge in [0.2, 0.25) is 0 Å². The number of anilines is 1. The minimum Gasteiger partial charge on any atom is -0.504 e. The Morgan fingerprint density at radius 1 is 0.864 bits per heavy atom. The van der Waals surface area contributed by atoms with Gasteiger partial charge in [-0.25, -0.2) is 0 Å². The second kappa shape index (κ2) is 5.29. The molecule has 5 nitrogen and oxygen atoms in total. The molecule has 3 aromatic carbocycles. The summed E-state index contributed by atoms with van der Waals surface area (Å²) in [7, 11) is 0. The van der Waals surface area contributed by atoms with Crippen LogP contribution in [0.2, 0.25) is 0 Å². The van der Waals surface area contributed by atoms with Gasteiger partial charge in [-0.3, -0.25) is 4.79 Å². The van der Waals surface area contributed by atoms with Crippen molar-refractivity contribution in [3.05, 3.63) is 60.2 Å². The molecule has 0 aliphatic carbocycles. The number of hydrogen-bond donors (Lipinski definition) is 4. The number of phenolic OH excluding ortho intramolecular Hbond substituents is 3. The molecule has 0 spiro atoms. The molecule has 3 aromatic rings. The van der Waals surface area contributed by atoms with Crippen LogP contribution in [0.3, 0.4) is 0 Å². The molecule has 0 atom stereocenters. The van der Waals surface area contributed by atoms with Gasteiger partial charge in [0.05, 0.1) is 0 Å². The lowest BCUT2D eigenvalue weighted by Gasteiger charge is -2.10. The van der Waals surface area contributed by atoms with Crippen LogP contribution in [-0.4, -0.2) is 21.2 Å². The predicted molar refractivity (Wildman–Crippen MR) is 83.3 cm³/mol. The molecule has 0 fully saturated rings. The predicted octanol–water partition coefficient (Wildman–Crippen LogP) is 3.21. The van der Waals surface area contributed by atoms with Gasteiger partial charge >= 0.3 is 0 Å². The summed E-state index contributed by atoms with van der Waals surface area (Å²) in [6.07, 6.45) is 0. The Morgan fingerprint density at radius 2 is 1.50 bits per heavy atom. The van der Waals surface area contributed by atoms with E-state index in [4.69, 9.17) is 0 Å². The fraction of sp³-hybridized carbons (Fsp3) is 0. The van der Waals surface area contributed by atoms with E-state index in [-0.39, 0.29) is 5.56 Å². The Kier molecular flexibility index (Phi) is 3.31. The third kappa shape index (κ3) is 2.40. The Morgan fingerprint density at radius 3 is 2.23 bits per heavy atom. The summed E-state index contributed by atoms with van der Waals surface area (Å²) < 4.78 is 0. The molecule has 110 valence electrons. The zero-order valence-electron chi connectivity index (χ0n) is 11.4. The molecule has 5 heteroatoms. The van der Waals surface area contributed by atoms with E-state index in [2.05, 4.69) is 5.32 Å². The third-order valence-electron chi connectivity index (χ3n) is 3.37. The average molecular weight is 295 g/mol. The maximum Gasteiger partial charge on any atom is 0.255 e. The molecule has 0 aromatic heterocycles. The molecule has 0 radical (unpaired) electrons. The van der Waals surface area contributed by atoms with E-state index >= 15 is 0 Å². The monoisotopic (exact) mass is 295 g/mol. The van der Waals surface area contributed by atoms with Gasteiger partial charge in [-0.05, 0) is 23.6 Å². The van der Waals surface area contributed by atoms with Crippen LogP contribution in [0.15, 0.2) is 54.6 Å². The number of hydrogen-bond acceptors (Lipinski definition) is 4. The van der Waals surface area contributed by atoms with E-state index in [1.165, 1.54) is 0 Å². The molecule has 0 heterocycles. The summed E-state index contributed by atoms with van der Waals surface area (Å²) in [5.74, 6) is -2.25. The molecule has 0 bridgehead atoms. The van der Waals surface area contributed by atoms with Crippen molar-refractivity contribution >= 4 is 22.4 Å². The van der Waals surface area contributed by atoms with Gasteiger partial charge < -0.3 is 20.6 Å². The maximum atomic E-state index is 12.3. The van der Waals surface area contributed by atoms with Crippen molar-refractivity contribution in [1.29, 1.82) is 0 Å². The van der Waals surface area contributed by atoms with Gasteiger partial charge in [0, 0.05) is 16.6 Å². The Balaban J connectivity index is 1.97. The molecule has 1 amide bonds. The number of nitrogens with one attached hydrogen (secondary N) is 1. The Bertz CT molecular complexity index is 845. The largest absolute Gasteiger partial charge is 0.504 e. The highest BCUT2D eigenvalue weighted by Gasteiger charge is 2.14. The molecule has 0 saturated carbocycles. The lowest BCUT2D eigenvalue weighted by atomic mass is 10.1.